The molecule has 82 valence electrons. The second kappa shape index (κ2) is 5.15. The van der Waals surface area contributed by atoms with Crippen LogP contribution in [0.3, 0.4) is 0 Å². The van der Waals surface area contributed by atoms with Crippen molar-refractivity contribution in [3.63, 3.8) is 0 Å². The Hall–Kier alpha value is -0.830. The van der Waals surface area contributed by atoms with E-state index in [1.165, 1.54) is 0 Å². The molecule has 1 atom stereocenters. The molecule has 0 bridgehead atoms. The van der Waals surface area contributed by atoms with E-state index in [2.05, 4.69) is 6.58 Å². The second-order valence-corrected chi connectivity index (χ2v) is 4.42. The zero-order valence-corrected chi connectivity index (χ0v) is 9.71. The molecule has 0 unspecified atom stereocenters. The molecular weight excluding hydrogens is 176 g/mol. The molecule has 3 nitrogen and oxygen atoms in total. The van der Waals surface area contributed by atoms with Crippen molar-refractivity contribution < 1.29 is 4.79 Å². The number of hydrogen-bond acceptors (Lipinski definition) is 2. The minimum Gasteiger partial charge on any atom is -0.333 e. The van der Waals surface area contributed by atoms with Gasteiger partial charge in [0, 0.05) is 12.1 Å². The summed E-state index contributed by atoms with van der Waals surface area (Å²) in [6.45, 7) is 12.1. The molecule has 0 saturated carbocycles. The first-order valence-corrected chi connectivity index (χ1v) is 5.02. The maximum atomic E-state index is 11.9. The summed E-state index contributed by atoms with van der Waals surface area (Å²) in [6.07, 6.45) is 2.40. The monoisotopic (exact) mass is 198 g/mol. The molecule has 0 aliphatic heterocycles. The van der Waals surface area contributed by atoms with Crippen molar-refractivity contribution >= 4 is 5.91 Å². The molecule has 0 heterocycles. The lowest BCUT2D eigenvalue weighted by Crippen LogP contribution is -2.52. The summed E-state index contributed by atoms with van der Waals surface area (Å²) in [5.41, 5.74) is 5.52. The standard InChI is InChI=1S/C11H22N2O/c1-6-8-13(11(3,4)5)10(14)9(12)7-2/h6,9H,1,7-8,12H2,2-5H3/t9-/m1/s1. The van der Waals surface area contributed by atoms with Gasteiger partial charge >= 0.3 is 0 Å². The number of amides is 1. The quantitative estimate of drug-likeness (QED) is 0.696. The lowest BCUT2D eigenvalue weighted by Gasteiger charge is -2.36. The van der Waals surface area contributed by atoms with Crippen LogP contribution >= 0.6 is 0 Å². The highest BCUT2D eigenvalue weighted by Gasteiger charge is 2.27. The number of rotatable bonds is 4. The Labute approximate surface area is 87.0 Å². The summed E-state index contributed by atoms with van der Waals surface area (Å²) in [7, 11) is 0. The van der Waals surface area contributed by atoms with Crippen LogP contribution in [-0.4, -0.2) is 28.9 Å². The van der Waals surface area contributed by atoms with Gasteiger partial charge in [0.1, 0.15) is 0 Å². The fourth-order valence-corrected chi connectivity index (χ4v) is 1.20. The van der Waals surface area contributed by atoms with Crippen molar-refractivity contribution in [2.24, 2.45) is 5.73 Å². The van der Waals surface area contributed by atoms with Crippen LogP contribution in [0.2, 0.25) is 0 Å². The van der Waals surface area contributed by atoms with E-state index in [1.807, 2.05) is 27.7 Å². The van der Waals surface area contributed by atoms with Crippen LogP contribution in [0.15, 0.2) is 12.7 Å². The zero-order chi connectivity index (χ0) is 11.4. The van der Waals surface area contributed by atoms with Gasteiger partial charge in [-0.1, -0.05) is 13.0 Å². The van der Waals surface area contributed by atoms with Crippen LogP contribution < -0.4 is 5.73 Å². The van der Waals surface area contributed by atoms with Gasteiger partial charge < -0.3 is 10.6 Å². The first-order chi connectivity index (χ1) is 6.34. The maximum Gasteiger partial charge on any atom is 0.240 e. The van der Waals surface area contributed by atoms with E-state index in [4.69, 9.17) is 5.73 Å². The van der Waals surface area contributed by atoms with Gasteiger partial charge in [0.2, 0.25) is 5.91 Å². The first-order valence-electron chi connectivity index (χ1n) is 5.02. The highest BCUT2D eigenvalue weighted by atomic mass is 16.2. The third-order valence-corrected chi connectivity index (χ3v) is 2.14. The zero-order valence-electron chi connectivity index (χ0n) is 9.71. The normalized spacial score (nSPS) is 13.5. The van der Waals surface area contributed by atoms with E-state index in [-0.39, 0.29) is 11.4 Å². The molecule has 0 aromatic heterocycles. The van der Waals surface area contributed by atoms with Crippen molar-refractivity contribution in [3.8, 4) is 0 Å². The van der Waals surface area contributed by atoms with Crippen LogP contribution in [0.5, 0.6) is 0 Å². The fraction of sp³-hybridized carbons (Fsp3) is 0.727. The first kappa shape index (κ1) is 13.2. The number of hydrogen-bond donors (Lipinski definition) is 1. The number of nitrogens with two attached hydrogens (primary N) is 1. The van der Waals surface area contributed by atoms with E-state index in [0.29, 0.717) is 13.0 Å². The summed E-state index contributed by atoms with van der Waals surface area (Å²) in [4.78, 5) is 13.6. The van der Waals surface area contributed by atoms with Gasteiger partial charge in [-0.05, 0) is 27.2 Å². The van der Waals surface area contributed by atoms with Crippen molar-refractivity contribution in [3.05, 3.63) is 12.7 Å². The molecule has 2 N–H and O–H groups in total. The summed E-state index contributed by atoms with van der Waals surface area (Å²) < 4.78 is 0. The predicted octanol–water partition coefficient (Wildman–Crippen LogP) is 1.54. The molecule has 0 aromatic rings. The third-order valence-electron chi connectivity index (χ3n) is 2.14. The van der Waals surface area contributed by atoms with Crippen molar-refractivity contribution in [1.29, 1.82) is 0 Å². The molecule has 3 heteroatoms. The lowest BCUT2D eigenvalue weighted by molar-refractivity contribution is -0.136. The Balaban J connectivity index is 4.65. The predicted molar refractivity (Wildman–Crippen MR) is 59.9 cm³/mol. The Morgan fingerprint density at radius 2 is 2.07 bits per heavy atom. The Morgan fingerprint density at radius 1 is 1.57 bits per heavy atom. The van der Waals surface area contributed by atoms with E-state index in [9.17, 15) is 4.79 Å². The molecule has 14 heavy (non-hydrogen) atoms. The number of carbonyl (C=O) groups is 1. The van der Waals surface area contributed by atoms with Gasteiger partial charge in [-0.25, -0.2) is 0 Å². The van der Waals surface area contributed by atoms with Gasteiger partial charge in [0.05, 0.1) is 6.04 Å². The highest BCUT2D eigenvalue weighted by molar-refractivity contribution is 5.82. The number of nitrogens with zero attached hydrogens (tertiary/aromatic N) is 1. The fourth-order valence-electron chi connectivity index (χ4n) is 1.20. The Bertz CT molecular complexity index is 206. The average Bonchev–Trinajstić information content (AvgIpc) is 2.09. The van der Waals surface area contributed by atoms with Gasteiger partial charge in [0.15, 0.2) is 0 Å². The van der Waals surface area contributed by atoms with E-state index < -0.39 is 6.04 Å². The maximum absolute atomic E-state index is 11.9. The van der Waals surface area contributed by atoms with Crippen molar-refractivity contribution in [2.75, 3.05) is 6.54 Å². The molecule has 0 aliphatic carbocycles. The van der Waals surface area contributed by atoms with Gasteiger partial charge in [-0.3, -0.25) is 4.79 Å². The van der Waals surface area contributed by atoms with Gasteiger partial charge in [-0.15, -0.1) is 6.58 Å². The van der Waals surface area contributed by atoms with Gasteiger partial charge in [-0.2, -0.15) is 0 Å². The third kappa shape index (κ3) is 3.50. The SMILES string of the molecule is C=CCN(C(=O)[C@H](N)CC)C(C)(C)C. The molecule has 0 aromatic carbocycles. The van der Waals surface area contributed by atoms with Crippen molar-refractivity contribution in [2.45, 2.75) is 45.7 Å². The summed E-state index contributed by atoms with van der Waals surface area (Å²) in [5, 5.41) is 0. The average molecular weight is 198 g/mol. The largest absolute Gasteiger partial charge is 0.333 e. The molecule has 0 spiro atoms. The molecule has 1 amide bonds. The van der Waals surface area contributed by atoms with Crippen LogP contribution in [0.25, 0.3) is 0 Å². The van der Waals surface area contributed by atoms with Crippen LogP contribution in [0.1, 0.15) is 34.1 Å². The lowest BCUT2D eigenvalue weighted by atomic mass is 10.0. The highest BCUT2D eigenvalue weighted by Crippen LogP contribution is 2.14. The molecule has 0 saturated heterocycles. The molecule has 0 aliphatic rings. The van der Waals surface area contributed by atoms with Gasteiger partial charge in [0.25, 0.3) is 0 Å². The number of carbonyl (C=O) groups excluding carboxylic acids is 1. The van der Waals surface area contributed by atoms with Crippen LogP contribution in [-0.2, 0) is 4.79 Å². The topological polar surface area (TPSA) is 46.3 Å². The molecule has 0 rings (SSSR count). The van der Waals surface area contributed by atoms with Crippen LogP contribution in [0.4, 0.5) is 0 Å². The Kier molecular flexibility index (Phi) is 4.85. The molecular formula is C11H22N2O. The summed E-state index contributed by atoms with van der Waals surface area (Å²) >= 11 is 0. The smallest absolute Gasteiger partial charge is 0.240 e. The van der Waals surface area contributed by atoms with E-state index in [1.54, 1.807) is 11.0 Å². The summed E-state index contributed by atoms with van der Waals surface area (Å²) in [5.74, 6) is -0.0000926. The minimum absolute atomic E-state index is 0.0000926. The second-order valence-electron chi connectivity index (χ2n) is 4.42. The van der Waals surface area contributed by atoms with Crippen LogP contribution in [0, 0.1) is 0 Å². The Morgan fingerprint density at radius 3 is 2.36 bits per heavy atom. The van der Waals surface area contributed by atoms with Crippen molar-refractivity contribution in [1.82, 2.24) is 4.90 Å². The van der Waals surface area contributed by atoms with E-state index >= 15 is 0 Å². The summed E-state index contributed by atoms with van der Waals surface area (Å²) in [6, 6.07) is -0.394. The van der Waals surface area contributed by atoms with E-state index in [0.717, 1.165) is 0 Å². The minimum atomic E-state index is -0.394. The molecule has 0 radical (unpaired) electrons. The molecule has 0 fully saturated rings.